The standard InChI is InChI=1S/C19H24N2O2S/c1-20(8-5-17-4-2-9-24-17)6-3-7-21-12-15-10-18-19(23-14-22-18)11-16(15)13-21/h2,4,9-11H,3,5-8,12-14H2,1H3. The summed E-state index contributed by atoms with van der Waals surface area (Å²) < 4.78 is 11.0. The molecule has 3 heterocycles. The molecule has 0 bridgehead atoms. The Labute approximate surface area is 147 Å². The van der Waals surface area contributed by atoms with E-state index in [1.165, 1.54) is 22.4 Å². The largest absolute Gasteiger partial charge is 0.454 e. The first-order valence-electron chi connectivity index (χ1n) is 8.62. The number of fused-ring (bicyclic) bond motifs is 2. The quantitative estimate of drug-likeness (QED) is 0.769. The molecule has 128 valence electrons. The van der Waals surface area contributed by atoms with Crippen molar-refractivity contribution in [2.24, 2.45) is 0 Å². The van der Waals surface area contributed by atoms with Gasteiger partial charge in [0, 0.05) is 31.1 Å². The molecule has 0 unspecified atom stereocenters. The van der Waals surface area contributed by atoms with Gasteiger partial charge in [-0.25, -0.2) is 0 Å². The Bertz CT molecular complexity index is 654. The molecule has 0 amide bonds. The number of nitrogens with zero attached hydrogens (tertiary/aromatic N) is 2. The summed E-state index contributed by atoms with van der Waals surface area (Å²) in [6.07, 6.45) is 2.37. The topological polar surface area (TPSA) is 24.9 Å². The molecule has 0 saturated carbocycles. The van der Waals surface area contributed by atoms with Crippen LogP contribution in [0.4, 0.5) is 0 Å². The lowest BCUT2D eigenvalue weighted by Gasteiger charge is -2.19. The Hall–Kier alpha value is -1.56. The van der Waals surface area contributed by atoms with Gasteiger partial charge in [-0.05, 0) is 61.1 Å². The van der Waals surface area contributed by atoms with Crippen LogP contribution in [-0.2, 0) is 19.5 Å². The molecule has 5 heteroatoms. The van der Waals surface area contributed by atoms with Crippen LogP contribution >= 0.6 is 11.3 Å². The van der Waals surface area contributed by atoms with Crippen LogP contribution in [0.3, 0.4) is 0 Å². The zero-order valence-electron chi connectivity index (χ0n) is 14.2. The minimum absolute atomic E-state index is 0.361. The number of rotatable bonds is 7. The van der Waals surface area contributed by atoms with E-state index in [9.17, 15) is 0 Å². The van der Waals surface area contributed by atoms with E-state index < -0.39 is 0 Å². The van der Waals surface area contributed by atoms with Gasteiger partial charge in [0.2, 0.25) is 6.79 Å². The van der Waals surface area contributed by atoms with E-state index in [4.69, 9.17) is 9.47 Å². The van der Waals surface area contributed by atoms with Crippen LogP contribution in [-0.4, -0.2) is 43.3 Å². The molecule has 1 aromatic heterocycles. The average molecular weight is 344 g/mol. The molecule has 0 atom stereocenters. The zero-order valence-corrected chi connectivity index (χ0v) is 15.0. The highest BCUT2D eigenvalue weighted by atomic mass is 32.1. The maximum Gasteiger partial charge on any atom is 0.231 e. The van der Waals surface area contributed by atoms with E-state index in [-0.39, 0.29) is 0 Å². The van der Waals surface area contributed by atoms with Crippen molar-refractivity contribution in [3.8, 4) is 11.5 Å². The van der Waals surface area contributed by atoms with Gasteiger partial charge < -0.3 is 14.4 Å². The maximum atomic E-state index is 5.48. The third kappa shape index (κ3) is 3.58. The summed E-state index contributed by atoms with van der Waals surface area (Å²) in [4.78, 5) is 6.45. The van der Waals surface area contributed by atoms with Crippen LogP contribution in [0.5, 0.6) is 11.5 Å². The van der Waals surface area contributed by atoms with Gasteiger partial charge in [0.25, 0.3) is 0 Å². The van der Waals surface area contributed by atoms with Crippen molar-refractivity contribution in [2.75, 3.05) is 33.5 Å². The first-order valence-corrected chi connectivity index (χ1v) is 9.50. The van der Waals surface area contributed by atoms with Crippen LogP contribution in [0.15, 0.2) is 29.6 Å². The third-order valence-electron chi connectivity index (χ3n) is 4.82. The SMILES string of the molecule is CN(CCCN1Cc2cc3c(cc2C1)OCO3)CCc1cccs1. The molecule has 0 saturated heterocycles. The van der Waals surface area contributed by atoms with E-state index in [0.29, 0.717) is 6.79 Å². The molecule has 0 N–H and O–H groups in total. The molecule has 1 aromatic carbocycles. The predicted molar refractivity (Wildman–Crippen MR) is 96.8 cm³/mol. The Balaban J connectivity index is 1.20. The van der Waals surface area contributed by atoms with Gasteiger partial charge in [-0.2, -0.15) is 0 Å². The summed E-state index contributed by atoms with van der Waals surface area (Å²) in [6.45, 7) is 5.86. The highest BCUT2D eigenvalue weighted by Gasteiger charge is 2.23. The van der Waals surface area contributed by atoms with Crippen molar-refractivity contribution < 1.29 is 9.47 Å². The van der Waals surface area contributed by atoms with Gasteiger partial charge in [-0.15, -0.1) is 11.3 Å². The Morgan fingerprint density at radius 2 is 1.88 bits per heavy atom. The molecular formula is C19H24N2O2S. The van der Waals surface area contributed by atoms with E-state index in [1.54, 1.807) is 0 Å². The molecule has 0 aliphatic carbocycles. The number of benzene rings is 1. The number of hydrogen-bond acceptors (Lipinski definition) is 5. The summed E-state index contributed by atoms with van der Waals surface area (Å²) in [5, 5.41) is 2.16. The van der Waals surface area contributed by atoms with Crippen LogP contribution < -0.4 is 9.47 Å². The Morgan fingerprint density at radius 1 is 1.12 bits per heavy atom. The molecule has 0 radical (unpaired) electrons. The fourth-order valence-corrected chi connectivity index (χ4v) is 4.15. The van der Waals surface area contributed by atoms with Crippen LogP contribution in [0.1, 0.15) is 22.4 Å². The lowest BCUT2D eigenvalue weighted by atomic mass is 10.1. The molecule has 0 spiro atoms. The molecule has 2 aliphatic rings. The highest BCUT2D eigenvalue weighted by molar-refractivity contribution is 7.09. The van der Waals surface area contributed by atoms with E-state index >= 15 is 0 Å². The number of thiophene rings is 1. The average Bonchev–Trinajstić information content (AvgIpc) is 3.30. The van der Waals surface area contributed by atoms with Crippen molar-refractivity contribution in [1.82, 2.24) is 9.80 Å². The molecule has 4 nitrogen and oxygen atoms in total. The fraction of sp³-hybridized carbons (Fsp3) is 0.474. The monoisotopic (exact) mass is 344 g/mol. The maximum absolute atomic E-state index is 5.48. The minimum atomic E-state index is 0.361. The minimum Gasteiger partial charge on any atom is -0.454 e. The van der Waals surface area contributed by atoms with Crippen LogP contribution in [0.25, 0.3) is 0 Å². The molecule has 24 heavy (non-hydrogen) atoms. The van der Waals surface area contributed by atoms with Gasteiger partial charge >= 0.3 is 0 Å². The van der Waals surface area contributed by atoms with Crippen LogP contribution in [0.2, 0.25) is 0 Å². The van der Waals surface area contributed by atoms with Crippen molar-refractivity contribution in [2.45, 2.75) is 25.9 Å². The lowest BCUT2D eigenvalue weighted by molar-refractivity contribution is 0.173. The molecular weight excluding hydrogens is 320 g/mol. The van der Waals surface area contributed by atoms with Crippen molar-refractivity contribution in [3.05, 3.63) is 45.6 Å². The summed E-state index contributed by atoms with van der Waals surface area (Å²) in [5.74, 6) is 1.81. The summed E-state index contributed by atoms with van der Waals surface area (Å²) in [7, 11) is 2.23. The second kappa shape index (κ2) is 7.13. The first kappa shape index (κ1) is 15.9. The Kier molecular flexibility index (Phi) is 4.74. The number of ether oxygens (including phenoxy) is 2. The number of hydrogen-bond donors (Lipinski definition) is 0. The normalized spacial score (nSPS) is 16.1. The smallest absolute Gasteiger partial charge is 0.231 e. The van der Waals surface area contributed by atoms with Gasteiger partial charge in [0.1, 0.15) is 0 Å². The predicted octanol–water partition coefficient (Wildman–Crippen LogP) is 3.36. The number of likely N-dealkylation sites (N-methyl/N-ethyl adjacent to an activating group) is 1. The summed E-state index contributed by atoms with van der Waals surface area (Å²) in [6, 6.07) is 8.68. The fourth-order valence-electron chi connectivity index (χ4n) is 3.45. The van der Waals surface area contributed by atoms with Crippen molar-refractivity contribution >= 4 is 11.3 Å². The Morgan fingerprint density at radius 3 is 2.54 bits per heavy atom. The molecule has 4 rings (SSSR count). The molecule has 2 aliphatic heterocycles. The van der Waals surface area contributed by atoms with Gasteiger partial charge in [0.05, 0.1) is 0 Å². The van der Waals surface area contributed by atoms with Gasteiger partial charge in [-0.3, -0.25) is 4.90 Å². The van der Waals surface area contributed by atoms with E-state index in [2.05, 4.69) is 46.5 Å². The second-order valence-electron chi connectivity index (χ2n) is 6.67. The van der Waals surface area contributed by atoms with E-state index in [1.807, 2.05) is 11.3 Å². The summed E-state index contributed by atoms with van der Waals surface area (Å²) >= 11 is 1.86. The van der Waals surface area contributed by atoms with Crippen molar-refractivity contribution in [3.63, 3.8) is 0 Å². The van der Waals surface area contributed by atoms with Gasteiger partial charge in [-0.1, -0.05) is 6.07 Å². The van der Waals surface area contributed by atoms with Crippen molar-refractivity contribution in [1.29, 1.82) is 0 Å². The van der Waals surface area contributed by atoms with Gasteiger partial charge in [0.15, 0.2) is 11.5 Å². The highest BCUT2D eigenvalue weighted by Crippen LogP contribution is 2.37. The summed E-state index contributed by atoms with van der Waals surface area (Å²) in [5.41, 5.74) is 2.79. The van der Waals surface area contributed by atoms with E-state index in [0.717, 1.165) is 50.6 Å². The third-order valence-corrected chi connectivity index (χ3v) is 5.75. The molecule has 0 fully saturated rings. The van der Waals surface area contributed by atoms with Crippen LogP contribution in [0, 0.1) is 0 Å². The lowest BCUT2D eigenvalue weighted by Crippen LogP contribution is -2.26. The second-order valence-corrected chi connectivity index (χ2v) is 7.70. The molecule has 2 aromatic rings. The first-order chi connectivity index (χ1) is 11.8. The zero-order chi connectivity index (χ0) is 16.4.